The first kappa shape index (κ1) is 30.5. The summed E-state index contributed by atoms with van der Waals surface area (Å²) < 4.78 is 61.2. The maximum Gasteiger partial charge on any atom is 0.386 e. The highest BCUT2D eigenvalue weighted by Crippen LogP contribution is 2.60. The number of aromatic nitrogens is 7. The van der Waals surface area contributed by atoms with Crippen molar-refractivity contribution in [1.82, 2.24) is 34.1 Å². The molecule has 4 aromatic rings. The molecule has 0 radical (unpaired) electrons. The largest absolute Gasteiger partial charge is 0.397 e. The molecule has 3 fully saturated rings. The number of nitrogens with two attached hydrogens (primary N) is 2. The Morgan fingerprint density at radius 3 is 2.70 bits per heavy atom. The molecule has 4 aromatic heterocycles. The molecule has 9 atom stereocenters. The SMILES string of the molecule is Nc1nc2c(ncn2[C@@H]2S[C@@H]3COP(O)(=S)O[C@H]4[C@H](F)[C@H](n5cnc6c(N)ccnc65)O[C@@H]4COP(=O)(S)O[C@@H]2C3)c(=O)[nH]1. The number of alkyl halides is 1. The molecule has 0 spiro atoms. The van der Waals surface area contributed by atoms with Crippen LogP contribution >= 0.6 is 37.5 Å². The van der Waals surface area contributed by atoms with Crippen molar-refractivity contribution in [1.29, 1.82) is 0 Å². The van der Waals surface area contributed by atoms with Crippen LogP contribution in [0, 0.1) is 0 Å². The molecule has 2 unspecified atom stereocenters. The molecule has 0 amide bonds. The smallest absolute Gasteiger partial charge is 0.386 e. The third-order valence-electron chi connectivity index (χ3n) is 7.25. The van der Waals surface area contributed by atoms with Crippen molar-refractivity contribution in [3.63, 3.8) is 0 Å². The molecule has 2 bridgehead atoms. The summed E-state index contributed by atoms with van der Waals surface area (Å²) in [5.74, 6) is -0.119. The highest BCUT2D eigenvalue weighted by atomic mass is 32.7. The summed E-state index contributed by atoms with van der Waals surface area (Å²) in [5, 5.41) is -1.04. The minimum Gasteiger partial charge on any atom is -0.397 e. The molecule has 0 saturated carbocycles. The number of nitrogen functional groups attached to an aromatic ring is 2. The summed E-state index contributed by atoms with van der Waals surface area (Å²) in [6.07, 6.45) is -2.45. The van der Waals surface area contributed by atoms with Crippen molar-refractivity contribution in [2.45, 2.75) is 47.8 Å². The average molecular weight is 708 g/mol. The number of ether oxygens (including phenoxy) is 1. The number of thioether (sulfide) groups is 1. The van der Waals surface area contributed by atoms with Crippen LogP contribution < -0.4 is 17.0 Å². The first-order valence-electron chi connectivity index (χ1n) is 12.9. The van der Waals surface area contributed by atoms with E-state index in [-0.39, 0.29) is 35.8 Å². The number of rotatable bonds is 2. The molecule has 0 aliphatic carbocycles. The lowest BCUT2D eigenvalue weighted by molar-refractivity contribution is -0.0419. The number of H-pyrrole nitrogens is 1. The highest BCUT2D eigenvalue weighted by Gasteiger charge is 2.51. The number of pyridine rings is 1. The number of halogens is 1. The van der Waals surface area contributed by atoms with Crippen LogP contribution in [0.25, 0.3) is 22.3 Å². The van der Waals surface area contributed by atoms with Gasteiger partial charge < -0.3 is 25.6 Å². The number of fused-ring (bicyclic) bond motifs is 5. The Morgan fingerprint density at radius 2 is 1.89 bits per heavy atom. The number of thiol groups is 1. The van der Waals surface area contributed by atoms with Crippen molar-refractivity contribution >= 4 is 83.3 Å². The van der Waals surface area contributed by atoms with Gasteiger partial charge in [-0.3, -0.25) is 32.5 Å². The van der Waals surface area contributed by atoms with Gasteiger partial charge in [0.05, 0.1) is 37.7 Å². The zero-order valence-electron chi connectivity index (χ0n) is 22.2. The Bertz CT molecular complexity index is 1910. The molecule has 23 heteroatoms. The predicted molar refractivity (Wildman–Crippen MR) is 163 cm³/mol. The number of aromatic amines is 1. The molecule has 6 N–H and O–H groups in total. The molecule has 7 heterocycles. The first-order valence-corrected chi connectivity index (χ1v) is 19.2. The topological polar surface area (TPSA) is 230 Å². The summed E-state index contributed by atoms with van der Waals surface area (Å²) in [7, 11) is 0. The van der Waals surface area contributed by atoms with E-state index >= 15 is 4.39 Å². The summed E-state index contributed by atoms with van der Waals surface area (Å²) in [6.45, 7) is -8.84. The Kier molecular flexibility index (Phi) is 7.81. The molecule has 17 nitrogen and oxygen atoms in total. The number of nitrogens with one attached hydrogen (secondary N) is 1. The molecule has 3 aliphatic heterocycles. The van der Waals surface area contributed by atoms with Gasteiger partial charge in [0.25, 0.3) is 5.56 Å². The monoisotopic (exact) mass is 707 g/mol. The fourth-order valence-corrected chi connectivity index (χ4v) is 9.97. The number of imidazole rings is 2. The van der Waals surface area contributed by atoms with Gasteiger partial charge in [-0.2, -0.15) is 4.98 Å². The van der Waals surface area contributed by atoms with E-state index in [1.54, 1.807) is 10.6 Å². The lowest BCUT2D eigenvalue weighted by atomic mass is 10.1. The van der Waals surface area contributed by atoms with Crippen LogP contribution in [0.15, 0.2) is 29.7 Å². The lowest BCUT2D eigenvalue weighted by Crippen LogP contribution is -2.34. The molecular weight excluding hydrogens is 683 g/mol. The molecule has 3 aliphatic rings. The van der Waals surface area contributed by atoms with E-state index in [2.05, 4.69) is 37.2 Å². The van der Waals surface area contributed by atoms with Gasteiger partial charge in [-0.05, 0) is 24.3 Å². The third kappa shape index (κ3) is 5.57. The normalized spacial score (nSPS) is 36.6. The van der Waals surface area contributed by atoms with Gasteiger partial charge in [-0.15, -0.1) is 11.8 Å². The van der Waals surface area contributed by atoms with E-state index < -0.39 is 67.0 Å². The van der Waals surface area contributed by atoms with Gasteiger partial charge in [-0.1, -0.05) is 12.2 Å². The fraction of sp³-hybridized carbons (Fsp3) is 0.476. The zero-order chi connectivity index (χ0) is 31.0. The van der Waals surface area contributed by atoms with Crippen LogP contribution in [0.5, 0.6) is 0 Å². The Morgan fingerprint density at radius 1 is 1.11 bits per heavy atom. The number of hydrogen-bond donors (Lipinski definition) is 5. The molecular formula is C21H24FN9O8P2S3. The Hall–Kier alpha value is -2.16. The van der Waals surface area contributed by atoms with Gasteiger partial charge in [0, 0.05) is 11.4 Å². The van der Waals surface area contributed by atoms with Crippen LogP contribution in [0.2, 0.25) is 0 Å². The maximum atomic E-state index is 16.0. The van der Waals surface area contributed by atoms with Gasteiger partial charge >= 0.3 is 13.5 Å². The van der Waals surface area contributed by atoms with Gasteiger partial charge in [0.15, 0.2) is 29.2 Å². The van der Waals surface area contributed by atoms with Crippen molar-refractivity contribution in [3.8, 4) is 0 Å². The maximum absolute atomic E-state index is 16.0. The minimum atomic E-state index is -4.14. The first-order chi connectivity index (χ1) is 20.9. The van der Waals surface area contributed by atoms with Crippen molar-refractivity contribution < 1.29 is 36.7 Å². The van der Waals surface area contributed by atoms with E-state index in [9.17, 15) is 14.3 Å². The summed E-state index contributed by atoms with van der Waals surface area (Å²) in [5.41, 5.74) is 12.3. The van der Waals surface area contributed by atoms with Crippen LogP contribution in [0.3, 0.4) is 0 Å². The van der Waals surface area contributed by atoms with Crippen LogP contribution in [-0.4, -0.2) is 81.9 Å². The standard InChI is InChI=1S/C21H24FN9O8P2S3/c22-12-15-11(37-19(12)30-6-26-13-9(23)1-2-25-16(13)30)5-36-40(33,42)38-10-3-8(4-35-41(34,43)39-15)44-20(10)31-7-27-14-17(31)28-21(24)29-18(14)32/h1-2,6-8,10-12,15,19-20H,3-5H2,(H2,23,25)(H,33,42)(H,34,43)(H3,24,28,29,32)/t8-,10+,11+,12-,15+,19+,20+,40?,41?/m0/s1. The second-order valence-electron chi connectivity index (χ2n) is 10.1. The summed E-state index contributed by atoms with van der Waals surface area (Å²) in [4.78, 5) is 42.5. The second kappa shape index (κ2) is 11.3. The van der Waals surface area contributed by atoms with E-state index in [0.29, 0.717) is 11.2 Å². The lowest BCUT2D eigenvalue weighted by Gasteiger charge is -2.26. The molecule has 7 rings (SSSR count). The predicted octanol–water partition coefficient (Wildman–Crippen LogP) is 2.04. The van der Waals surface area contributed by atoms with E-state index in [1.807, 2.05) is 0 Å². The molecule has 44 heavy (non-hydrogen) atoms. The number of anilines is 2. The average Bonchev–Trinajstić information content (AvgIpc) is 3.72. The van der Waals surface area contributed by atoms with Crippen molar-refractivity contribution in [2.75, 3.05) is 24.7 Å². The van der Waals surface area contributed by atoms with Crippen LogP contribution in [-0.2, 0) is 39.2 Å². The zero-order valence-corrected chi connectivity index (χ0v) is 26.5. The van der Waals surface area contributed by atoms with Crippen molar-refractivity contribution in [3.05, 3.63) is 35.3 Å². The minimum absolute atomic E-state index is 0.0422. The van der Waals surface area contributed by atoms with E-state index in [4.69, 9.17) is 46.1 Å². The highest BCUT2D eigenvalue weighted by molar-refractivity contribution is 8.44. The van der Waals surface area contributed by atoms with E-state index in [1.165, 1.54) is 35.2 Å². The summed E-state index contributed by atoms with van der Waals surface area (Å²) >= 11 is 10.7. The fourth-order valence-electron chi connectivity index (χ4n) is 5.34. The van der Waals surface area contributed by atoms with Crippen LogP contribution in [0.1, 0.15) is 18.0 Å². The van der Waals surface area contributed by atoms with Gasteiger partial charge in [-0.25, -0.2) is 23.9 Å². The van der Waals surface area contributed by atoms with E-state index in [0.717, 1.165) is 0 Å². The summed E-state index contributed by atoms with van der Waals surface area (Å²) in [6, 6.07) is 1.55. The van der Waals surface area contributed by atoms with Crippen molar-refractivity contribution in [2.24, 2.45) is 0 Å². The molecule has 0 aromatic carbocycles. The Labute approximate surface area is 261 Å². The Balaban J connectivity index is 1.19. The number of nitrogens with zero attached hydrogens (tertiary/aromatic N) is 6. The second-order valence-corrected chi connectivity index (χ2v) is 17.2. The van der Waals surface area contributed by atoms with Gasteiger partial charge in [0.2, 0.25) is 5.95 Å². The van der Waals surface area contributed by atoms with Crippen LogP contribution in [0.4, 0.5) is 16.0 Å². The third-order valence-corrected chi connectivity index (χ3v) is 12.0. The van der Waals surface area contributed by atoms with Gasteiger partial charge in [0.1, 0.15) is 23.1 Å². The molecule has 3 saturated heterocycles. The number of hydrogen-bond acceptors (Lipinski definition) is 15. The quantitative estimate of drug-likeness (QED) is 0.148. The molecule has 236 valence electrons.